The maximum atomic E-state index is 12.6. The number of aliphatic hydroxyl groups is 1. The summed E-state index contributed by atoms with van der Waals surface area (Å²) in [6.45, 7) is 2.31. The van der Waals surface area contributed by atoms with Crippen LogP contribution in [-0.2, 0) is 11.4 Å². The van der Waals surface area contributed by atoms with Gasteiger partial charge >= 0.3 is 5.97 Å². The first kappa shape index (κ1) is 21.8. The number of aliphatic hydroxyl groups excluding tert-OH is 1. The van der Waals surface area contributed by atoms with Gasteiger partial charge in [0.05, 0.1) is 23.6 Å². The van der Waals surface area contributed by atoms with E-state index in [1.165, 1.54) is 0 Å². The van der Waals surface area contributed by atoms with Crippen molar-refractivity contribution < 1.29 is 24.5 Å². The number of rotatable bonds is 6. The number of aryl methyl sites for hydroxylation is 1. The number of pyridine rings is 1. The van der Waals surface area contributed by atoms with Gasteiger partial charge in [0.1, 0.15) is 12.4 Å². The Morgan fingerprint density at radius 1 is 1.12 bits per heavy atom. The van der Waals surface area contributed by atoms with Crippen LogP contribution in [0.25, 0.3) is 10.9 Å². The smallest absolute Gasteiger partial charge is 0.308 e. The molecule has 1 fully saturated rings. The van der Waals surface area contributed by atoms with E-state index in [0.717, 1.165) is 22.2 Å². The lowest BCUT2D eigenvalue weighted by atomic mass is 9.82. The average Bonchev–Trinajstić information content (AvgIpc) is 2.78. The Balaban J connectivity index is 1.42. The molecule has 3 N–H and O–H groups in total. The van der Waals surface area contributed by atoms with Crippen LogP contribution in [0.15, 0.2) is 54.6 Å². The minimum absolute atomic E-state index is 0.365. The van der Waals surface area contributed by atoms with Gasteiger partial charge in [-0.15, -0.1) is 0 Å². The van der Waals surface area contributed by atoms with Crippen LogP contribution in [0, 0.1) is 12.8 Å². The third kappa shape index (κ3) is 4.73. The maximum absolute atomic E-state index is 12.6. The minimum atomic E-state index is -1.00. The topological polar surface area (TPSA) is 109 Å². The zero-order valence-electron chi connectivity index (χ0n) is 17.8. The molecule has 32 heavy (non-hydrogen) atoms. The number of hydrogen-bond donors (Lipinski definition) is 3. The van der Waals surface area contributed by atoms with Crippen molar-refractivity contribution in [3.63, 3.8) is 0 Å². The highest BCUT2D eigenvalue weighted by Gasteiger charge is 2.37. The number of para-hydroxylation sites is 1. The van der Waals surface area contributed by atoms with Crippen LogP contribution in [0.5, 0.6) is 5.75 Å². The fraction of sp³-hybridized carbons (Fsp3) is 0.320. The molecule has 0 spiro atoms. The van der Waals surface area contributed by atoms with Crippen LogP contribution >= 0.6 is 0 Å². The molecular formula is C25H26N2O5. The molecule has 166 valence electrons. The molecule has 4 rings (SSSR count). The molecule has 0 saturated heterocycles. The van der Waals surface area contributed by atoms with Crippen LogP contribution in [0.1, 0.15) is 40.9 Å². The van der Waals surface area contributed by atoms with Crippen LogP contribution in [0.4, 0.5) is 0 Å². The van der Waals surface area contributed by atoms with Crippen molar-refractivity contribution in [2.24, 2.45) is 5.92 Å². The Labute approximate surface area is 186 Å². The van der Waals surface area contributed by atoms with Crippen molar-refractivity contribution >= 4 is 22.8 Å². The van der Waals surface area contributed by atoms with Gasteiger partial charge in [-0.3, -0.25) is 14.6 Å². The van der Waals surface area contributed by atoms with E-state index < -0.39 is 29.9 Å². The average molecular weight is 434 g/mol. The van der Waals surface area contributed by atoms with Gasteiger partial charge in [0.15, 0.2) is 0 Å². The van der Waals surface area contributed by atoms with Crippen LogP contribution in [0.2, 0.25) is 0 Å². The number of hydrogen-bond acceptors (Lipinski definition) is 5. The van der Waals surface area contributed by atoms with E-state index in [0.29, 0.717) is 37.2 Å². The lowest BCUT2D eigenvalue weighted by Gasteiger charge is -2.33. The summed E-state index contributed by atoms with van der Waals surface area (Å²) in [6, 6.07) is 15.8. The van der Waals surface area contributed by atoms with E-state index in [2.05, 4.69) is 10.3 Å². The molecule has 3 aromatic rings. The Morgan fingerprint density at radius 3 is 2.62 bits per heavy atom. The number of carboxylic acids is 1. The SMILES string of the molecule is Cc1cc(COc2ccc(C(=O)NC3C(O)CCCC3C(=O)O)cc2)c2ccccc2n1. The summed E-state index contributed by atoms with van der Waals surface area (Å²) in [7, 11) is 0. The highest BCUT2D eigenvalue weighted by atomic mass is 16.5. The first-order valence-corrected chi connectivity index (χ1v) is 10.7. The Kier molecular flexibility index (Phi) is 6.37. The summed E-state index contributed by atoms with van der Waals surface area (Å²) < 4.78 is 5.93. The molecule has 0 aliphatic heterocycles. The fourth-order valence-electron chi connectivity index (χ4n) is 4.26. The number of carbonyl (C=O) groups is 2. The number of fused-ring (bicyclic) bond motifs is 1. The van der Waals surface area contributed by atoms with Gasteiger partial charge in [0, 0.05) is 22.2 Å². The van der Waals surface area contributed by atoms with Gasteiger partial charge in [-0.1, -0.05) is 18.2 Å². The third-order valence-corrected chi connectivity index (χ3v) is 5.92. The molecular weight excluding hydrogens is 408 g/mol. The maximum Gasteiger partial charge on any atom is 0.308 e. The quantitative estimate of drug-likeness (QED) is 0.548. The second-order valence-corrected chi connectivity index (χ2v) is 8.20. The molecule has 0 radical (unpaired) electrons. The van der Waals surface area contributed by atoms with Gasteiger partial charge in [-0.2, -0.15) is 0 Å². The largest absolute Gasteiger partial charge is 0.489 e. The molecule has 2 aromatic carbocycles. The lowest BCUT2D eigenvalue weighted by Crippen LogP contribution is -2.52. The van der Waals surface area contributed by atoms with Crippen LogP contribution in [-0.4, -0.2) is 39.2 Å². The van der Waals surface area contributed by atoms with E-state index in [9.17, 15) is 19.8 Å². The third-order valence-electron chi connectivity index (χ3n) is 5.92. The van der Waals surface area contributed by atoms with Gasteiger partial charge in [-0.25, -0.2) is 0 Å². The van der Waals surface area contributed by atoms with Crippen molar-refractivity contribution in [2.45, 2.75) is 44.9 Å². The van der Waals surface area contributed by atoms with Crippen molar-refractivity contribution in [2.75, 3.05) is 0 Å². The second kappa shape index (κ2) is 9.36. The normalized spacial score (nSPS) is 20.6. The molecule has 1 amide bonds. The summed E-state index contributed by atoms with van der Waals surface area (Å²) in [6.07, 6.45) is 0.677. The lowest BCUT2D eigenvalue weighted by molar-refractivity contribution is -0.145. The van der Waals surface area contributed by atoms with Crippen molar-refractivity contribution in [1.29, 1.82) is 0 Å². The summed E-state index contributed by atoms with van der Waals surface area (Å²) in [4.78, 5) is 28.7. The Hall–Kier alpha value is -3.45. The Morgan fingerprint density at radius 2 is 1.88 bits per heavy atom. The van der Waals surface area contributed by atoms with Crippen molar-refractivity contribution in [3.05, 3.63) is 71.4 Å². The van der Waals surface area contributed by atoms with E-state index >= 15 is 0 Å². The van der Waals surface area contributed by atoms with Gasteiger partial charge in [0.25, 0.3) is 5.91 Å². The molecule has 1 aliphatic carbocycles. The number of nitrogens with zero attached hydrogens (tertiary/aromatic N) is 1. The molecule has 1 aliphatic rings. The summed E-state index contributed by atoms with van der Waals surface area (Å²) in [5.41, 5.74) is 3.24. The zero-order valence-corrected chi connectivity index (χ0v) is 17.8. The number of aliphatic carboxylic acids is 1. The molecule has 3 atom stereocenters. The number of carboxylic acid groups (broad SMARTS) is 1. The summed E-state index contributed by atoms with van der Waals surface area (Å²) in [5.74, 6) is -1.59. The molecule has 0 bridgehead atoms. The van der Waals surface area contributed by atoms with Crippen molar-refractivity contribution in [1.82, 2.24) is 10.3 Å². The minimum Gasteiger partial charge on any atom is -0.489 e. The number of amides is 1. The van der Waals surface area contributed by atoms with Crippen molar-refractivity contribution in [3.8, 4) is 5.75 Å². The van der Waals surface area contributed by atoms with E-state index in [4.69, 9.17) is 4.74 Å². The first-order chi connectivity index (χ1) is 15.4. The fourth-order valence-corrected chi connectivity index (χ4v) is 4.26. The van der Waals surface area contributed by atoms with Gasteiger partial charge < -0.3 is 20.3 Å². The monoisotopic (exact) mass is 434 g/mol. The van der Waals surface area contributed by atoms with Crippen LogP contribution in [0.3, 0.4) is 0 Å². The molecule has 1 aromatic heterocycles. The van der Waals surface area contributed by atoms with Gasteiger partial charge in [0.2, 0.25) is 0 Å². The van der Waals surface area contributed by atoms with E-state index in [1.807, 2.05) is 37.3 Å². The summed E-state index contributed by atoms with van der Waals surface area (Å²) in [5, 5.41) is 23.3. The molecule has 7 heteroatoms. The summed E-state index contributed by atoms with van der Waals surface area (Å²) >= 11 is 0. The number of carbonyl (C=O) groups excluding carboxylic acids is 1. The first-order valence-electron chi connectivity index (χ1n) is 10.7. The highest BCUT2D eigenvalue weighted by Crippen LogP contribution is 2.26. The number of nitrogens with one attached hydrogen (secondary N) is 1. The number of aromatic nitrogens is 1. The predicted molar refractivity (Wildman–Crippen MR) is 119 cm³/mol. The zero-order chi connectivity index (χ0) is 22.7. The standard InChI is InChI=1S/C25H26N2O5/c1-15-13-17(19-5-2-3-7-21(19)26-15)14-32-18-11-9-16(10-12-18)24(29)27-23-20(25(30)31)6-4-8-22(23)28/h2-3,5,7,9-13,20,22-23,28H,4,6,8,14H2,1H3,(H,27,29)(H,30,31). The molecule has 1 heterocycles. The highest BCUT2D eigenvalue weighted by molar-refractivity contribution is 5.95. The van der Waals surface area contributed by atoms with E-state index in [1.54, 1.807) is 24.3 Å². The molecule has 1 saturated carbocycles. The predicted octanol–water partition coefficient (Wildman–Crippen LogP) is 3.47. The molecule has 7 nitrogen and oxygen atoms in total. The number of benzene rings is 2. The second-order valence-electron chi connectivity index (χ2n) is 8.20. The Bertz CT molecular complexity index is 1130. The number of ether oxygens (including phenoxy) is 1. The van der Waals surface area contributed by atoms with Gasteiger partial charge in [-0.05, 0) is 62.6 Å². The van der Waals surface area contributed by atoms with Crippen LogP contribution < -0.4 is 10.1 Å². The molecule has 3 unspecified atom stereocenters. The van der Waals surface area contributed by atoms with E-state index in [-0.39, 0.29) is 0 Å².